The van der Waals surface area contributed by atoms with E-state index in [4.69, 9.17) is 0 Å². The van der Waals surface area contributed by atoms with E-state index in [1.165, 1.54) is 10.5 Å². The molecule has 2 aromatic carbocycles. The first-order valence-electron chi connectivity index (χ1n) is 6.86. The van der Waals surface area contributed by atoms with Crippen molar-refractivity contribution >= 4 is 17.5 Å². The largest absolute Gasteiger partial charge is 0.268 e. The second kappa shape index (κ2) is 4.04. The minimum atomic E-state index is -0.203. The van der Waals surface area contributed by atoms with E-state index in [0.29, 0.717) is 11.1 Å². The van der Waals surface area contributed by atoms with Crippen molar-refractivity contribution in [2.75, 3.05) is 4.90 Å². The molecule has 1 aliphatic carbocycles. The average Bonchev–Trinajstić information content (AvgIpc) is 3.04. The topological polar surface area (TPSA) is 37.4 Å². The van der Waals surface area contributed by atoms with Crippen LogP contribution in [0.2, 0.25) is 0 Å². The van der Waals surface area contributed by atoms with E-state index in [2.05, 4.69) is 6.07 Å². The predicted octanol–water partition coefficient (Wildman–Crippen LogP) is 2.98. The Kier molecular flexibility index (Phi) is 2.30. The van der Waals surface area contributed by atoms with E-state index in [-0.39, 0.29) is 11.8 Å². The number of fused-ring (bicyclic) bond motifs is 2. The first-order valence-corrected chi connectivity index (χ1v) is 6.86. The number of benzene rings is 2. The second-order valence-corrected chi connectivity index (χ2v) is 5.26. The van der Waals surface area contributed by atoms with E-state index >= 15 is 0 Å². The minimum absolute atomic E-state index is 0.203. The molecule has 4 rings (SSSR count). The molecule has 1 heterocycles. The van der Waals surface area contributed by atoms with Crippen LogP contribution in [0.5, 0.6) is 0 Å². The Bertz CT molecular complexity index is 713. The summed E-state index contributed by atoms with van der Waals surface area (Å²) in [5, 5.41) is 0. The average molecular weight is 263 g/mol. The van der Waals surface area contributed by atoms with Crippen molar-refractivity contribution in [1.29, 1.82) is 0 Å². The minimum Gasteiger partial charge on any atom is -0.268 e. The fourth-order valence-corrected chi connectivity index (χ4v) is 3.22. The molecular formula is C17H13NO2. The third-order valence-electron chi connectivity index (χ3n) is 4.16. The standard InChI is InChI=1S/C17H13NO2/c19-16-13-7-1-2-8-14(13)17(20)18(16)15-10-4-6-11-5-3-9-12(11)15/h1-2,4,6-8,10H,3,5,9H2. The summed E-state index contributed by atoms with van der Waals surface area (Å²) >= 11 is 0. The van der Waals surface area contributed by atoms with Crippen LogP contribution in [0.4, 0.5) is 5.69 Å². The smallest absolute Gasteiger partial charge is 0.266 e. The predicted molar refractivity (Wildman–Crippen MR) is 76.0 cm³/mol. The first kappa shape index (κ1) is 11.4. The molecule has 1 aliphatic heterocycles. The summed E-state index contributed by atoms with van der Waals surface area (Å²) in [6.45, 7) is 0. The Labute approximate surface area is 116 Å². The maximum absolute atomic E-state index is 12.5. The molecule has 0 spiro atoms. The fourth-order valence-electron chi connectivity index (χ4n) is 3.22. The van der Waals surface area contributed by atoms with Crippen molar-refractivity contribution in [1.82, 2.24) is 0 Å². The molecule has 0 saturated carbocycles. The van der Waals surface area contributed by atoms with E-state index in [0.717, 1.165) is 30.5 Å². The Morgan fingerprint density at radius 1 is 0.800 bits per heavy atom. The summed E-state index contributed by atoms with van der Waals surface area (Å²) in [4.78, 5) is 26.4. The maximum atomic E-state index is 12.5. The van der Waals surface area contributed by atoms with E-state index in [9.17, 15) is 9.59 Å². The van der Waals surface area contributed by atoms with Gasteiger partial charge in [-0.3, -0.25) is 9.59 Å². The highest BCUT2D eigenvalue weighted by Gasteiger charge is 2.37. The molecule has 0 fully saturated rings. The number of aryl methyl sites for hydroxylation is 1. The molecule has 0 saturated heterocycles. The number of hydrogen-bond donors (Lipinski definition) is 0. The summed E-state index contributed by atoms with van der Waals surface area (Å²) in [6.07, 6.45) is 3.07. The van der Waals surface area contributed by atoms with E-state index in [1.807, 2.05) is 12.1 Å². The fraction of sp³-hybridized carbons (Fsp3) is 0.176. The van der Waals surface area contributed by atoms with Gasteiger partial charge in [-0.15, -0.1) is 0 Å². The van der Waals surface area contributed by atoms with Gasteiger partial charge in [-0.25, -0.2) is 4.90 Å². The Morgan fingerprint density at radius 2 is 1.50 bits per heavy atom. The van der Waals surface area contributed by atoms with E-state index in [1.54, 1.807) is 24.3 Å². The van der Waals surface area contributed by atoms with Crippen LogP contribution in [0.3, 0.4) is 0 Å². The Hall–Kier alpha value is -2.42. The number of carbonyl (C=O) groups excluding carboxylic acids is 2. The zero-order chi connectivity index (χ0) is 13.7. The molecule has 3 nitrogen and oxygen atoms in total. The van der Waals surface area contributed by atoms with Gasteiger partial charge in [0.25, 0.3) is 11.8 Å². The normalized spacial score (nSPS) is 16.5. The van der Waals surface area contributed by atoms with Crippen molar-refractivity contribution in [3.8, 4) is 0 Å². The molecule has 0 atom stereocenters. The van der Waals surface area contributed by atoms with E-state index < -0.39 is 0 Å². The van der Waals surface area contributed by atoms with Crippen LogP contribution >= 0.6 is 0 Å². The lowest BCUT2D eigenvalue weighted by Crippen LogP contribution is -2.30. The van der Waals surface area contributed by atoms with Gasteiger partial charge in [-0.05, 0) is 48.6 Å². The number of imide groups is 1. The highest BCUT2D eigenvalue weighted by atomic mass is 16.2. The quantitative estimate of drug-likeness (QED) is 0.742. The molecule has 2 aliphatic rings. The molecule has 0 N–H and O–H groups in total. The zero-order valence-corrected chi connectivity index (χ0v) is 10.9. The summed E-state index contributed by atoms with van der Waals surface area (Å²) in [5.41, 5.74) is 4.20. The van der Waals surface area contributed by atoms with Gasteiger partial charge in [-0.2, -0.15) is 0 Å². The van der Waals surface area contributed by atoms with Crippen LogP contribution in [-0.4, -0.2) is 11.8 Å². The lowest BCUT2D eigenvalue weighted by atomic mass is 10.1. The highest BCUT2D eigenvalue weighted by molar-refractivity contribution is 6.34. The van der Waals surface area contributed by atoms with Gasteiger partial charge in [0, 0.05) is 0 Å². The van der Waals surface area contributed by atoms with Crippen LogP contribution in [0, 0.1) is 0 Å². The lowest BCUT2D eigenvalue weighted by molar-refractivity contribution is 0.0926. The molecule has 3 heteroatoms. The number of amides is 2. The van der Waals surface area contributed by atoms with Gasteiger partial charge < -0.3 is 0 Å². The van der Waals surface area contributed by atoms with Gasteiger partial charge in [-0.1, -0.05) is 24.3 Å². The van der Waals surface area contributed by atoms with Crippen molar-refractivity contribution < 1.29 is 9.59 Å². The van der Waals surface area contributed by atoms with Crippen LogP contribution in [0.1, 0.15) is 38.3 Å². The third kappa shape index (κ3) is 1.40. The summed E-state index contributed by atoms with van der Waals surface area (Å²) in [5.74, 6) is -0.406. The monoisotopic (exact) mass is 263 g/mol. The Morgan fingerprint density at radius 3 is 2.20 bits per heavy atom. The first-order chi connectivity index (χ1) is 9.77. The van der Waals surface area contributed by atoms with Gasteiger partial charge in [0.15, 0.2) is 0 Å². The summed E-state index contributed by atoms with van der Waals surface area (Å²) in [7, 11) is 0. The van der Waals surface area contributed by atoms with Gasteiger partial charge in [0.1, 0.15) is 0 Å². The van der Waals surface area contributed by atoms with Crippen LogP contribution in [-0.2, 0) is 12.8 Å². The molecule has 2 aromatic rings. The second-order valence-electron chi connectivity index (χ2n) is 5.26. The molecule has 2 amide bonds. The van der Waals surface area contributed by atoms with Gasteiger partial charge in [0.2, 0.25) is 0 Å². The number of hydrogen-bond acceptors (Lipinski definition) is 2. The van der Waals surface area contributed by atoms with Crippen molar-refractivity contribution in [2.24, 2.45) is 0 Å². The molecule has 0 radical (unpaired) electrons. The van der Waals surface area contributed by atoms with Crippen molar-refractivity contribution in [3.63, 3.8) is 0 Å². The van der Waals surface area contributed by atoms with Crippen molar-refractivity contribution in [2.45, 2.75) is 19.3 Å². The molecule has 0 aromatic heterocycles. The van der Waals surface area contributed by atoms with Crippen LogP contribution < -0.4 is 4.90 Å². The number of rotatable bonds is 1. The SMILES string of the molecule is O=C1c2ccccc2C(=O)N1c1cccc2c1CCC2. The molecular weight excluding hydrogens is 250 g/mol. The van der Waals surface area contributed by atoms with Gasteiger partial charge in [0.05, 0.1) is 16.8 Å². The third-order valence-corrected chi connectivity index (χ3v) is 4.16. The molecule has 20 heavy (non-hydrogen) atoms. The molecule has 0 unspecified atom stereocenters. The molecule has 0 bridgehead atoms. The van der Waals surface area contributed by atoms with Crippen LogP contribution in [0.15, 0.2) is 42.5 Å². The van der Waals surface area contributed by atoms with Gasteiger partial charge >= 0.3 is 0 Å². The van der Waals surface area contributed by atoms with Crippen LogP contribution in [0.25, 0.3) is 0 Å². The number of nitrogens with zero attached hydrogens (tertiary/aromatic N) is 1. The summed E-state index contributed by atoms with van der Waals surface area (Å²) in [6, 6.07) is 12.9. The molecule has 98 valence electrons. The summed E-state index contributed by atoms with van der Waals surface area (Å²) < 4.78 is 0. The zero-order valence-electron chi connectivity index (χ0n) is 10.9. The highest BCUT2D eigenvalue weighted by Crippen LogP contribution is 2.35. The Balaban J connectivity index is 1.88. The lowest BCUT2D eigenvalue weighted by Gasteiger charge is -2.17. The number of carbonyl (C=O) groups is 2. The number of anilines is 1. The van der Waals surface area contributed by atoms with Crippen molar-refractivity contribution in [3.05, 3.63) is 64.7 Å². The maximum Gasteiger partial charge on any atom is 0.266 e.